The van der Waals surface area contributed by atoms with Crippen LogP contribution in [0.3, 0.4) is 0 Å². The number of nitrogens with zero attached hydrogens (tertiary/aromatic N) is 2. The highest BCUT2D eigenvalue weighted by Gasteiger charge is 2.50. The van der Waals surface area contributed by atoms with Gasteiger partial charge in [-0.3, -0.25) is 0 Å². The van der Waals surface area contributed by atoms with Crippen LogP contribution < -0.4 is 5.73 Å². The molecule has 0 amide bonds. The predicted octanol–water partition coefficient (Wildman–Crippen LogP) is 2.84. The predicted molar refractivity (Wildman–Crippen MR) is 73.5 cm³/mol. The van der Waals surface area contributed by atoms with Crippen molar-refractivity contribution in [3.05, 3.63) is 5.89 Å². The van der Waals surface area contributed by atoms with E-state index in [1.807, 2.05) is 0 Å². The van der Waals surface area contributed by atoms with Gasteiger partial charge in [0.1, 0.15) is 0 Å². The average Bonchev–Trinajstić information content (AvgIpc) is 2.83. The number of thioether (sulfide) groups is 1. The highest BCUT2D eigenvalue weighted by Crippen LogP contribution is 2.61. The lowest BCUT2D eigenvalue weighted by Crippen LogP contribution is -2.47. The van der Waals surface area contributed by atoms with Crippen molar-refractivity contribution in [3.63, 3.8) is 0 Å². The van der Waals surface area contributed by atoms with Crippen LogP contribution in [0.2, 0.25) is 0 Å². The Hall–Kier alpha value is -0.550. The lowest BCUT2D eigenvalue weighted by Gasteiger charge is -2.56. The molecule has 0 aliphatic heterocycles. The molecule has 4 fully saturated rings. The molecule has 1 heterocycles. The third kappa shape index (κ3) is 2.21. The largest absolute Gasteiger partial charge is 0.415 e. The Bertz CT molecular complexity index is 438. The summed E-state index contributed by atoms with van der Waals surface area (Å²) in [4.78, 5) is 0. The summed E-state index contributed by atoms with van der Waals surface area (Å²) in [6, 6.07) is 0. The normalized spacial score (nSPS) is 39.9. The first-order valence-electron chi connectivity index (χ1n) is 7.40. The van der Waals surface area contributed by atoms with Crippen molar-refractivity contribution in [2.75, 3.05) is 5.75 Å². The molecule has 4 aliphatic rings. The van der Waals surface area contributed by atoms with Gasteiger partial charge in [0.2, 0.25) is 5.89 Å². The van der Waals surface area contributed by atoms with E-state index in [0.29, 0.717) is 23.1 Å². The van der Waals surface area contributed by atoms with Gasteiger partial charge < -0.3 is 10.2 Å². The summed E-state index contributed by atoms with van der Waals surface area (Å²) in [5.41, 5.74) is 6.07. The topological polar surface area (TPSA) is 64.9 Å². The molecule has 4 bridgehead atoms. The molecule has 5 heteroatoms. The lowest BCUT2D eigenvalue weighted by atomic mass is 9.50. The van der Waals surface area contributed by atoms with Crippen LogP contribution in [0.15, 0.2) is 9.64 Å². The standard InChI is InChI=1S/C14H21N3OS/c15-7-12-16-17-13(18-12)19-8-14-4-9-1-10(5-14)3-11(2-9)6-14/h9-11H,1-8,15H2. The van der Waals surface area contributed by atoms with Gasteiger partial charge in [0.15, 0.2) is 0 Å². The summed E-state index contributed by atoms with van der Waals surface area (Å²) in [5.74, 6) is 4.73. The zero-order chi connectivity index (χ0) is 12.9. The number of nitrogens with two attached hydrogens (primary N) is 1. The quantitative estimate of drug-likeness (QED) is 0.859. The first kappa shape index (κ1) is 12.2. The highest BCUT2D eigenvalue weighted by atomic mass is 32.2. The van der Waals surface area contributed by atoms with Crippen LogP contribution in [0.5, 0.6) is 0 Å². The minimum atomic E-state index is 0.338. The van der Waals surface area contributed by atoms with Gasteiger partial charge in [0.25, 0.3) is 5.22 Å². The fourth-order valence-electron chi connectivity index (χ4n) is 5.06. The van der Waals surface area contributed by atoms with Crippen LogP contribution in [-0.4, -0.2) is 16.0 Å². The van der Waals surface area contributed by atoms with Crippen LogP contribution in [0, 0.1) is 23.2 Å². The van der Waals surface area contributed by atoms with Crippen molar-refractivity contribution in [1.29, 1.82) is 0 Å². The second-order valence-corrected chi connectivity index (χ2v) is 7.80. The smallest absolute Gasteiger partial charge is 0.276 e. The van der Waals surface area contributed by atoms with E-state index in [1.54, 1.807) is 11.8 Å². The molecule has 0 aromatic carbocycles. The fourth-order valence-corrected chi connectivity index (χ4v) is 6.10. The van der Waals surface area contributed by atoms with E-state index in [-0.39, 0.29) is 0 Å². The lowest BCUT2D eigenvalue weighted by molar-refractivity contribution is -0.0382. The maximum absolute atomic E-state index is 5.51. The molecule has 0 atom stereocenters. The Kier molecular flexibility index (Phi) is 2.88. The van der Waals surface area contributed by atoms with Crippen LogP contribution in [0.1, 0.15) is 44.4 Å². The van der Waals surface area contributed by atoms with Gasteiger partial charge in [-0.1, -0.05) is 11.8 Å². The molecule has 2 N–H and O–H groups in total. The van der Waals surface area contributed by atoms with Crippen molar-refractivity contribution in [2.45, 2.75) is 50.3 Å². The number of hydrogen-bond donors (Lipinski definition) is 1. The molecule has 0 spiro atoms. The summed E-state index contributed by atoms with van der Waals surface area (Å²) in [5, 5.41) is 8.71. The van der Waals surface area contributed by atoms with Crippen molar-refractivity contribution in [1.82, 2.24) is 10.2 Å². The minimum absolute atomic E-state index is 0.338. The zero-order valence-corrected chi connectivity index (χ0v) is 12.0. The van der Waals surface area contributed by atoms with E-state index in [1.165, 1.54) is 38.5 Å². The average molecular weight is 279 g/mol. The van der Waals surface area contributed by atoms with E-state index in [2.05, 4.69) is 10.2 Å². The third-order valence-corrected chi connectivity index (χ3v) is 6.46. The van der Waals surface area contributed by atoms with E-state index in [0.717, 1.165) is 23.5 Å². The minimum Gasteiger partial charge on any atom is -0.415 e. The third-order valence-electron chi connectivity index (χ3n) is 5.29. The Labute approximate surface area is 117 Å². The molecule has 104 valence electrons. The van der Waals surface area contributed by atoms with Crippen molar-refractivity contribution < 1.29 is 4.42 Å². The van der Waals surface area contributed by atoms with Crippen molar-refractivity contribution in [2.24, 2.45) is 28.9 Å². The SMILES string of the molecule is NCc1nnc(SCC23CC4CC(CC(C4)C2)C3)o1. The van der Waals surface area contributed by atoms with Crippen LogP contribution >= 0.6 is 11.8 Å². The molecule has 5 rings (SSSR count). The summed E-state index contributed by atoms with van der Waals surface area (Å²) < 4.78 is 5.51. The maximum Gasteiger partial charge on any atom is 0.276 e. The van der Waals surface area contributed by atoms with Gasteiger partial charge in [-0.25, -0.2) is 0 Å². The van der Waals surface area contributed by atoms with Gasteiger partial charge in [0.05, 0.1) is 6.54 Å². The molecule has 0 radical (unpaired) electrons. The molecule has 1 aromatic heterocycles. The summed E-state index contributed by atoms with van der Waals surface area (Å²) in [6.07, 6.45) is 8.81. The van der Waals surface area contributed by atoms with E-state index >= 15 is 0 Å². The second-order valence-electron chi connectivity index (χ2n) is 6.87. The maximum atomic E-state index is 5.51. The van der Waals surface area contributed by atoms with E-state index in [9.17, 15) is 0 Å². The number of aromatic nitrogens is 2. The Morgan fingerprint density at radius 3 is 2.26 bits per heavy atom. The Balaban J connectivity index is 1.44. The van der Waals surface area contributed by atoms with Crippen LogP contribution in [-0.2, 0) is 6.54 Å². The van der Waals surface area contributed by atoms with E-state index < -0.39 is 0 Å². The van der Waals surface area contributed by atoms with Gasteiger partial charge in [-0.15, -0.1) is 10.2 Å². The van der Waals surface area contributed by atoms with Crippen LogP contribution in [0.4, 0.5) is 0 Å². The Morgan fingerprint density at radius 2 is 1.74 bits per heavy atom. The molecule has 1 aromatic rings. The number of rotatable bonds is 4. The van der Waals surface area contributed by atoms with Crippen LogP contribution in [0.25, 0.3) is 0 Å². The first-order chi connectivity index (χ1) is 9.25. The highest BCUT2D eigenvalue weighted by molar-refractivity contribution is 7.99. The molecule has 4 saturated carbocycles. The molecular weight excluding hydrogens is 258 g/mol. The molecule has 0 unspecified atom stereocenters. The van der Waals surface area contributed by atoms with Gasteiger partial charge in [0, 0.05) is 5.75 Å². The van der Waals surface area contributed by atoms with Gasteiger partial charge in [-0.2, -0.15) is 0 Å². The number of hydrogen-bond acceptors (Lipinski definition) is 5. The zero-order valence-electron chi connectivity index (χ0n) is 11.2. The Morgan fingerprint density at radius 1 is 1.11 bits per heavy atom. The molecular formula is C14H21N3OS. The monoisotopic (exact) mass is 279 g/mol. The fraction of sp³-hybridized carbons (Fsp3) is 0.857. The van der Waals surface area contributed by atoms with Crippen molar-refractivity contribution in [3.8, 4) is 0 Å². The second kappa shape index (κ2) is 4.48. The first-order valence-corrected chi connectivity index (χ1v) is 8.38. The summed E-state index contributed by atoms with van der Waals surface area (Å²) >= 11 is 1.75. The summed E-state index contributed by atoms with van der Waals surface area (Å²) in [7, 11) is 0. The van der Waals surface area contributed by atoms with Crippen molar-refractivity contribution >= 4 is 11.8 Å². The molecule has 19 heavy (non-hydrogen) atoms. The molecule has 0 saturated heterocycles. The molecule has 4 aliphatic carbocycles. The molecule has 4 nitrogen and oxygen atoms in total. The summed E-state index contributed by atoms with van der Waals surface area (Å²) in [6.45, 7) is 0.338. The van der Waals surface area contributed by atoms with Gasteiger partial charge >= 0.3 is 0 Å². The van der Waals surface area contributed by atoms with E-state index in [4.69, 9.17) is 10.2 Å². The van der Waals surface area contributed by atoms with Gasteiger partial charge in [-0.05, 0) is 61.7 Å².